The normalized spacial score (nSPS) is 12.6. The Kier molecular flexibility index (Phi) is 6.31. The summed E-state index contributed by atoms with van der Waals surface area (Å²) in [5.41, 5.74) is 4.25. The first-order chi connectivity index (χ1) is 18.0. The van der Waals surface area contributed by atoms with Crippen LogP contribution in [-0.4, -0.2) is 21.4 Å². The van der Waals surface area contributed by atoms with E-state index in [0.29, 0.717) is 28.0 Å². The molecule has 2 heterocycles. The Morgan fingerprint density at radius 2 is 1.82 bits per heavy atom. The Bertz CT molecular complexity index is 1740. The molecule has 1 N–H and O–H groups in total. The van der Waals surface area contributed by atoms with Crippen LogP contribution in [0.1, 0.15) is 55.2 Å². The number of fused-ring (bicyclic) bond motifs is 2. The van der Waals surface area contributed by atoms with Gasteiger partial charge < -0.3 is 14.5 Å². The number of esters is 1. The van der Waals surface area contributed by atoms with Gasteiger partial charge in [0.2, 0.25) is 0 Å². The monoisotopic (exact) mass is 509 g/mol. The van der Waals surface area contributed by atoms with Crippen LogP contribution in [-0.2, 0) is 11.8 Å². The van der Waals surface area contributed by atoms with Gasteiger partial charge in [-0.3, -0.25) is 9.48 Å². The zero-order valence-electron chi connectivity index (χ0n) is 22.5. The van der Waals surface area contributed by atoms with E-state index < -0.39 is 11.6 Å². The van der Waals surface area contributed by atoms with Crippen LogP contribution in [0.25, 0.3) is 33.2 Å². The number of anilines is 1. The van der Waals surface area contributed by atoms with Crippen LogP contribution in [0, 0.1) is 6.92 Å². The molecule has 0 saturated carbocycles. The van der Waals surface area contributed by atoms with Crippen molar-refractivity contribution in [2.45, 2.75) is 46.3 Å². The number of ether oxygens (including phenoxy) is 1. The number of nitrogens with one attached hydrogen (secondary N) is 1. The fraction of sp³-hybridized carbons (Fsp3) is 0.258. The first-order valence-corrected chi connectivity index (χ1v) is 12.6. The highest BCUT2D eigenvalue weighted by molar-refractivity contribution is 5.96. The number of rotatable bonds is 5. The van der Waals surface area contributed by atoms with Crippen molar-refractivity contribution in [2.75, 3.05) is 5.32 Å². The molecule has 194 valence electrons. The van der Waals surface area contributed by atoms with Crippen LogP contribution in [0.2, 0.25) is 0 Å². The van der Waals surface area contributed by atoms with Gasteiger partial charge in [-0.05, 0) is 64.4 Å². The lowest BCUT2D eigenvalue weighted by Crippen LogP contribution is -2.24. The molecule has 7 heteroatoms. The smallest absolute Gasteiger partial charge is 0.340 e. The molecule has 0 spiro atoms. The van der Waals surface area contributed by atoms with E-state index in [-0.39, 0.29) is 11.5 Å². The predicted molar refractivity (Wildman–Crippen MR) is 151 cm³/mol. The maximum absolute atomic E-state index is 13.3. The average molecular weight is 510 g/mol. The van der Waals surface area contributed by atoms with Crippen molar-refractivity contribution >= 4 is 33.5 Å². The van der Waals surface area contributed by atoms with Gasteiger partial charge in [0.05, 0.1) is 22.5 Å². The number of aryl methyl sites for hydroxylation is 2. The van der Waals surface area contributed by atoms with E-state index in [1.807, 2.05) is 96.4 Å². The maximum Gasteiger partial charge on any atom is 0.340 e. The van der Waals surface area contributed by atoms with Crippen LogP contribution in [0.3, 0.4) is 0 Å². The quantitative estimate of drug-likeness (QED) is 0.263. The number of hydrogen-bond donors (Lipinski definition) is 1. The first-order valence-electron chi connectivity index (χ1n) is 12.6. The molecule has 2 aromatic heterocycles. The number of nitrogens with zero attached hydrogens (tertiary/aromatic N) is 2. The van der Waals surface area contributed by atoms with E-state index in [9.17, 15) is 9.59 Å². The highest BCUT2D eigenvalue weighted by Crippen LogP contribution is 2.33. The van der Waals surface area contributed by atoms with Gasteiger partial charge in [-0.25, -0.2) is 4.79 Å². The fourth-order valence-electron chi connectivity index (χ4n) is 4.70. The van der Waals surface area contributed by atoms with Crippen molar-refractivity contribution in [3.8, 4) is 11.3 Å². The van der Waals surface area contributed by atoms with Gasteiger partial charge in [-0.2, -0.15) is 5.10 Å². The summed E-state index contributed by atoms with van der Waals surface area (Å²) in [5, 5.41) is 9.35. The Labute approximate surface area is 221 Å². The van der Waals surface area contributed by atoms with Gasteiger partial charge >= 0.3 is 5.97 Å². The minimum absolute atomic E-state index is 0.117. The highest BCUT2D eigenvalue weighted by atomic mass is 16.6. The SMILES string of the molecule is Cc1cc(C(C)Nc2ccccc2C(=O)OC(C)(C)C)c2oc(-c3cccc4nn(C)cc34)cc(=O)c2c1. The van der Waals surface area contributed by atoms with E-state index >= 15 is 0 Å². The second-order valence-corrected chi connectivity index (χ2v) is 10.7. The summed E-state index contributed by atoms with van der Waals surface area (Å²) < 4.78 is 13.8. The molecule has 0 radical (unpaired) electrons. The van der Waals surface area contributed by atoms with Gasteiger partial charge in [0.1, 0.15) is 16.9 Å². The number of hydrogen-bond acceptors (Lipinski definition) is 6. The molecule has 0 saturated heterocycles. The molecule has 7 nitrogen and oxygen atoms in total. The molecule has 0 bridgehead atoms. The molecule has 0 aliphatic carbocycles. The molecule has 0 fully saturated rings. The molecular formula is C31H31N3O4. The molecule has 0 aliphatic heterocycles. The molecule has 38 heavy (non-hydrogen) atoms. The van der Waals surface area contributed by atoms with Crippen molar-refractivity contribution in [1.82, 2.24) is 9.78 Å². The number of carbonyl (C=O) groups is 1. The lowest BCUT2D eigenvalue weighted by atomic mass is 9.99. The van der Waals surface area contributed by atoms with E-state index in [1.165, 1.54) is 0 Å². The summed E-state index contributed by atoms with van der Waals surface area (Å²) in [7, 11) is 1.86. The maximum atomic E-state index is 13.3. The largest absolute Gasteiger partial charge is 0.456 e. The predicted octanol–water partition coefficient (Wildman–Crippen LogP) is 6.78. The van der Waals surface area contributed by atoms with Crippen LogP contribution in [0.4, 0.5) is 5.69 Å². The Morgan fingerprint density at radius 3 is 2.58 bits per heavy atom. The van der Waals surface area contributed by atoms with E-state index in [1.54, 1.807) is 16.8 Å². The lowest BCUT2D eigenvalue weighted by Gasteiger charge is -2.22. The summed E-state index contributed by atoms with van der Waals surface area (Å²) in [6.45, 7) is 9.46. The Balaban J connectivity index is 1.60. The fourth-order valence-corrected chi connectivity index (χ4v) is 4.70. The van der Waals surface area contributed by atoms with Crippen molar-refractivity contribution < 1.29 is 13.9 Å². The number of benzene rings is 3. The standard InChI is InChI=1S/C31H31N3O4/c1-18-14-22(19(2)32-25-12-8-7-10-21(25)30(36)38-31(3,4)5)29-23(15-18)27(35)16-28(37-29)20-11-9-13-26-24(20)17-34(6)33-26/h7-17,19,32H,1-6H3. The van der Waals surface area contributed by atoms with Gasteiger partial charge in [-0.15, -0.1) is 0 Å². The Hall–Kier alpha value is -4.39. The summed E-state index contributed by atoms with van der Waals surface area (Å²) in [6, 6.07) is 18.1. The molecule has 5 rings (SSSR count). The van der Waals surface area contributed by atoms with Crippen molar-refractivity contribution in [2.24, 2.45) is 7.05 Å². The molecule has 1 unspecified atom stereocenters. The zero-order chi connectivity index (χ0) is 27.2. The van der Waals surface area contributed by atoms with E-state index in [2.05, 4.69) is 10.4 Å². The topological polar surface area (TPSA) is 86.4 Å². The highest BCUT2D eigenvalue weighted by Gasteiger charge is 2.22. The summed E-state index contributed by atoms with van der Waals surface area (Å²) >= 11 is 0. The zero-order valence-corrected chi connectivity index (χ0v) is 22.5. The molecule has 0 aliphatic rings. The van der Waals surface area contributed by atoms with Crippen molar-refractivity contribution in [1.29, 1.82) is 0 Å². The van der Waals surface area contributed by atoms with Gasteiger partial charge in [0.15, 0.2) is 5.43 Å². The Morgan fingerprint density at radius 1 is 1.05 bits per heavy atom. The second kappa shape index (κ2) is 9.49. The first kappa shape index (κ1) is 25.3. The lowest BCUT2D eigenvalue weighted by molar-refractivity contribution is 0.00706. The second-order valence-electron chi connectivity index (χ2n) is 10.7. The van der Waals surface area contributed by atoms with Crippen LogP contribution >= 0.6 is 0 Å². The molecular weight excluding hydrogens is 478 g/mol. The van der Waals surface area contributed by atoms with Crippen LogP contribution in [0.15, 0.2) is 76.1 Å². The number of para-hydroxylation sites is 1. The third-order valence-corrected chi connectivity index (χ3v) is 6.32. The third-order valence-electron chi connectivity index (χ3n) is 6.32. The number of aromatic nitrogens is 2. The molecule has 0 amide bonds. The molecule has 5 aromatic rings. The van der Waals surface area contributed by atoms with Gasteiger partial charge in [0.25, 0.3) is 0 Å². The minimum Gasteiger partial charge on any atom is -0.456 e. The molecule has 3 aromatic carbocycles. The summed E-state index contributed by atoms with van der Waals surface area (Å²) in [4.78, 5) is 26.2. The van der Waals surface area contributed by atoms with Crippen molar-refractivity contribution in [3.05, 3.63) is 93.8 Å². The summed E-state index contributed by atoms with van der Waals surface area (Å²) in [6.07, 6.45) is 1.92. The van der Waals surface area contributed by atoms with Crippen molar-refractivity contribution in [3.63, 3.8) is 0 Å². The molecule has 1 atom stereocenters. The van der Waals surface area contributed by atoms with Gasteiger partial charge in [-0.1, -0.05) is 30.3 Å². The minimum atomic E-state index is -0.612. The summed E-state index contributed by atoms with van der Waals surface area (Å²) in [5.74, 6) is 0.0767. The van der Waals surface area contributed by atoms with E-state index in [4.69, 9.17) is 9.15 Å². The third kappa shape index (κ3) is 4.92. The number of carbonyl (C=O) groups excluding carboxylic acids is 1. The van der Waals surface area contributed by atoms with Gasteiger partial charge in [0, 0.05) is 41.5 Å². The average Bonchev–Trinajstić information content (AvgIpc) is 3.23. The van der Waals surface area contributed by atoms with Crippen LogP contribution in [0.5, 0.6) is 0 Å². The van der Waals surface area contributed by atoms with Crippen LogP contribution < -0.4 is 10.7 Å². The van der Waals surface area contributed by atoms with E-state index in [0.717, 1.165) is 27.6 Å².